The lowest BCUT2D eigenvalue weighted by Gasteiger charge is -2.04. The molecule has 1 rings (SSSR count). The highest BCUT2D eigenvalue weighted by molar-refractivity contribution is 5.90. The number of pyridine rings is 1. The van der Waals surface area contributed by atoms with Gasteiger partial charge in [-0.25, -0.2) is 4.79 Å². The molecule has 0 aliphatic heterocycles. The second kappa shape index (κ2) is 5.75. The van der Waals surface area contributed by atoms with E-state index >= 15 is 0 Å². The van der Waals surface area contributed by atoms with E-state index in [1.54, 1.807) is 12.3 Å². The van der Waals surface area contributed by atoms with Crippen LogP contribution in [0, 0.1) is 0 Å². The van der Waals surface area contributed by atoms with Crippen molar-refractivity contribution in [3.63, 3.8) is 0 Å². The molecule has 0 spiro atoms. The van der Waals surface area contributed by atoms with Gasteiger partial charge in [0.05, 0.1) is 12.8 Å². The summed E-state index contributed by atoms with van der Waals surface area (Å²) in [7, 11) is 0. The molecule has 0 fully saturated rings. The normalized spacial score (nSPS) is 11.2. The molecule has 0 radical (unpaired) electrons. The monoisotopic (exact) mass is 222 g/mol. The number of nitrogens with zero attached hydrogens (tertiary/aromatic N) is 1. The van der Waals surface area contributed by atoms with Crippen molar-refractivity contribution in [1.29, 1.82) is 0 Å². The highest BCUT2D eigenvalue weighted by Crippen LogP contribution is 2.13. The number of carbonyl (C=O) groups is 1. The van der Waals surface area contributed by atoms with Gasteiger partial charge in [-0.05, 0) is 24.1 Å². The highest BCUT2D eigenvalue weighted by Gasteiger charge is 2.02. The van der Waals surface area contributed by atoms with Crippen LogP contribution >= 0.6 is 0 Å². The molecular formula is C11H14N2O3. The molecule has 0 aliphatic carbocycles. The van der Waals surface area contributed by atoms with Gasteiger partial charge in [0.2, 0.25) is 0 Å². The summed E-state index contributed by atoms with van der Waals surface area (Å²) in [5.74, 6) is -0.548. The molecule has 16 heavy (non-hydrogen) atoms. The van der Waals surface area contributed by atoms with Gasteiger partial charge < -0.3 is 15.6 Å². The number of hydrogen-bond acceptors (Lipinski definition) is 4. The molecule has 1 aromatic heterocycles. The van der Waals surface area contributed by atoms with Crippen LogP contribution in [0.5, 0.6) is 5.75 Å². The van der Waals surface area contributed by atoms with E-state index in [4.69, 9.17) is 15.6 Å². The summed E-state index contributed by atoms with van der Waals surface area (Å²) < 4.78 is 5.36. The largest absolute Gasteiger partial charge is 0.492 e. The van der Waals surface area contributed by atoms with Gasteiger partial charge in [0.15, 0.2) is 0 Å². The molecule has 0 amide bonds. The first-order valence-corrected chi connectivity index (χ1v) is 4.91. The van der Waals surface area contributed by atoms with Crippen LogP contribution in [0.4, 0.5) is 0 Å². The number of ether oxygens (including phenoxy) is 1. The van der Waals surface area contributed by atoms with Crippen molar-refractivity contribution < 1.29 is 14.6 Å². The van der Waals surface area contributed by atoms with Crippen molar-refractivity contribution in [1.82, 2.24) is 4.98 Å². The lowest BCUT2D eigenvalue weighted by atomic mass is 10.2. The van der Waals surface area contributed by atoms with Crippen molar-refractivity contribution in [2.45, 2.75) is 13.3 Å². The molecule has 0 unspecified atom stereocenters. The molecule has 3 N–H and O–H groups in total. The van der Waals surface area contributed by atoms with Crippen molar-refractivity contribution in [3.05, 3.63) is 29.7 Å². The van der Waals surface area contributed by atoms with Crippen LogP contribution in [-0.4, -0.2) is 22.7 Å². The smallest absolute Gasteiger partial charge is 0.351 e. The summed E-state index contributed by atoms with van der Waals surface area (Å²) in [6.45, 7) is 2.60. The van der Waals surface area contributed by atoms with E-state index in [0.717, 1.165) is 6.42 Å². The number of hydrogen-bond donors (Lipinski definition) is 2. The number of nitrogens with two attached hydrogens (primary N) is 1. The summed E-state index contributed by atoms with van der Waals surface area (Å²) in [5, 5.41) is 8.61. The highest BCUT2D eigenvalue weighted by atomic mass is 16.5. The van der Waals surface area contributed by atoms with Gasteiger partial charge >= 0.3 is 5.97 Å². The van der Waals surface area contributed by atoms with Crippen LogP contribution in [0.3, 0.4) is 0 Å². The van der Waals surface area contributed by atoms with Crippen molar-refractivity contribution in [2.75, 3.05) is 6.61 Å². The maximum Gasteiger partial charge on any atom is 0.351 e. The van der Waals surface area contributed by atoms with Crippen molar-refractivity contribution >= 4 is 12.0 Å². The fourth-order valence-electron chi connectivity index (χ4n) is 1.05. The molecule has 0 saturated carbocycles. The van der Waals surface area contributed by atoms with E-state index in [-0.39, 0.29) is 5.70 Å². The maximum absolute atomic E-state index is 10.5. The lowest BCUT2D eigenvalue weighted by Crippen LogP contribution is -2.09. The van der Waals surface area contributed by atoms with Gasteiger partial charge in [-0.3, -0.25) is 4.98 Å². The van der Waals surface area contributed by atoms with Gasteiger partial charge in [0, 0.05) is 6.20 Å². The number of aliphatic carboxylic acids is 1. The molecule has 1 heterocycles. The van der Waals surface area contributed by atoms with E-state index in [0.29, 0.717) is 17.9 Å². The number of carboxylic acids is 1. The minimum atomic E-state index is -1.15. The zero-order valence-corrected chi connectivity index (χ0v) is 9.01. The van der Waals surface area contributed by atoms with Crippen LogP contribution < -0.4 is 10.5 Å². The standard InChI is InChI=1S/C11H14N2O3/c1-2-3-16-9-4-8(6-13-7-9)5-10(12)11(14)15/h4-7H,2-3,12H2,1H3,(H,14,15)/b10-5+. The minimum absolute atomic E-state index is 0.227. The second-order valence-corrected chi connectivity index (χ2v) is 3.21. The first kappa shape index (κ1) is 12.0. The average Bonchev–Trinajstić information content (AvgIpc) is 2.26. The molecule has 0 saturated heterocycles. The third-order valence-electron chi connectivity index (χ3n) is 1.78. The molecule has 0 bridgehead atoms. The van der Waals surface area contributed by atoms with E-state index in [1.165, 1.54) is 12.3 Å². The minimum Gasteiger partial charge on any atom is -0.492 e. The summed E-state index contributed by atoms with van der Waals surface area (Å²) in [5.41, 5.74) is 5.67. The predicted octanol–water partition coefficient (Wildman–Crippen LogP) is 1.25. The molecule has 5 heteroatoms. The Bertz CT molecular complexity index is 402. The molecule has 0 atom stereocenters. The fraction of sp³-hybridized carbons (Fsp3) is 0.273. The zero-order valence-electron chi connectivity index (χ0n) is 9.01. The topological polar surface area (TPSA) is 85.4 Å². The Morgan fingerprint density at radius 1 is 1.62 bits per heavy atom. The molecule has 5 nitrogen and oxygen atoms in total. The van der Waals surface area contributed by atoms with E-state index < -0.39 is 5.97 Å². The summed E-state index contributed by atoms with van der Waals surface area (Å²) in [4.78, 5) is 14.4. The van der Waals surface area contributed by atoms with Crippen LogP contribution in [0.15, 0.2) is 24.2 Å². The quantitative estimate of drug-likeness (QED) is 0.732. The Labute approximate surface area is 93.6 Å². The molecule has 0 aliphatic rings. The third-order valence-corrected chi connectivity index (χ3v) is 1.78. The Balaban J connectivity index is 2.82. The van der Waals surface area contributed by atoms with E-state index in [2.05, 4.69) is 4.98 Å². The summed E-state index contributed by atoms with van der Waals surface area (Å²) in [6, 6.07) is 1.69. The molecule has 86 valence electrons. The Kier molecular flexibility index (Phi) is 4.32. The molecular weight excluding hydrogens is 208 g/mol. The fourth-order valence-corrected chi connectivity index (χ4v) is 1.05. The molecule has 1 aromatic rings. The average molecular weight is 222 g/mol. The van der Waals surface area contributed by atoms with Crippen LogP contribution in [0.2, 0.25) is 0 Å². The predicted molar refractivity (Wildman–Crippen MR) is 59.8 cm³/mol. The Morgan fingerprint density at radius 2 is 2.38 bits per heavy atom. The van der Waals surface area contributed by atoms with Crippen LogP contribution in [0.1, 0.15) is 18.9 Å². The van der Waals surface area contributed by atoms with Crippen molar-refractivity contribution in [3.8, 4) is 5.75 Å². The lowest BCUT2D eigenvalue weighted by molar-refractivity contribution is -0.132. The van der Waals surface area contributed by atoms with Gasteiger partial charge in [0.1, 0.15) is 11.4 Å². The first-order valence-electron chi connectivity index (χ1n) is 4.91. The van der Waals surface area contributed by atoms with Gasteiger partial charge in [-0.2, -0.15) is 0 Å². The van der Waals surface area contributed by atoms with Crippen LogP contribution in [0.25, 0.3) is 6.08 Å². The summed E-state index contributed by atoms with van der Waals surface area (Å²) >= 11 is 0. The number of rotatable bonds is 5. The second-order valence-electron chi connectivity index (χ2n) is 3.21. The zero-order chi connectivity index (χ0) is 12.0. The maximum atomic E-state index is 10.5. The van der Waals surface area contributed by atoms with Gasteiger partial charge in [-0.1, -0.05) is 6.92 Å². The van der Waals surface area contributed by atoms with Crippen molar-refractivity contribution in [2.24, 2.45) is 5.73 Å². The van der Waals surface area contributed by atoms with E-state index in [9.17, 15) is 4.79 Å². The number of aromatic nitrogens is 1. The van der Waals surface area contributed by atoms with E-state index in [1.807, 2.05) is 6.92 Å². The Hall–Kier alpha value is -2.04. The Morgan fingerprint density at radius 3 is 3.00 bits per heavy atom. The number of carboxylic acid groups (broad SMARTS) is 1. The third kappa shape index (κ3) is 3.61. The van der Waals surface area contributed by atoms with Gasteiger partial charge in [-0.15, -0.1) is 0 Å². The summed E-state index contributed by atoms with van der Waals surface area (Å²) in [6.07, 6.45) is 5.34. The molecule has 0 aromatic carbocycles. The van der Waals surface area contributed by atoms with Crippen LogP contribution in [-0.2, 0) is 4.79 Å². The SMILES string of the molecule is CCCOc1cncc(/C=C(/N)C(=O)O)c1. The van der Waals surface area contributed by atoms with Gasteiger partial charge in [0.25, 0.3) is 0 Å². The first-order chi connectivity index (χ1) is 7.63.